The zero-order valence-electron chi connectivity index (χ0n) is 30.0. The van der Waals surface area contributed by atoms with E-state index in [0.29, 0.717) is 22.8 Å². The molecular weight excluding hydrogens is 661 g/mol. The van der Waals surface area contributed by atoms with E-state index in [1.165, 1.54) is 0 Å². The van der Waals surface area contributed by atoms with Gasteiger partial charge in [0, 0.05) is 22.5 Å². The lowest BCUT2D eigenvalue weighted by Crippen LogP contribution is -2.54. The summed E-state index contributed by atoms with van der Waals surface area (Å²) in [6, 6.07) is 47.2. The molecule has 0 bridgehead atoms. The van der Waals surface area contributed by atoms with Crippen molar-refractivity contribution in [2.24, 2.45) is 0 Å². The average molecular weight is 701 g/mol. The molecule has 53 heavy (non-hydrogen) atoms. The molecule has 0 aliphatic heterocycles. The second kappa shape index (κ2) is 13.6. The van der Waals surface area contributed by atoms with Crippen molar-refractivity contribution in [1.29, 1.82) is 0 Å². The van der Waals surface area contributed by atoms with Gasteiger partial charge in [0.1, 0.15) is 0 Å². The monoisotopic (exact) mass is 700 g/mol. The molecule has 0 saturated carbocycles. The number of benzene rings is 4. The van der Waals surface area contributed by atoms with Crippen LogP contribution in [0.4, 0.5) is 0 Å². The Balaban J connectivity index is 1.43. The van der Waals surface area contributed by atoms with Crippen molar-refractivity contribution in [1.82, 2.24) is 39.1 Å². The second-order valence-corrected chi connectivity index (χ2v) is 13.5. The van der Waals surface area contributed by atoms with E-state index < -0.39 is 18.1 Å². The van der Waals surface area contributed by atoms with Crippen molar-refractivity contribution >= 4 is 0 Å². The van der Waals surface area contributed by atoms with E-state index in [1.807, 2.05) is 173 Å². The van der Waals surface area contributed by atoms with E-state index in [2.05, 4.69) is 0 Å². The normalized spacial score (nSPS) is 12.9. The number of rotatable bonds is 10. The van der Waals surface area contributed by atoms with Gasteiger partial charge in [-0.15, -0.1) is 0 Å². The molecule has 0 aliphatic rings. The molecule has 2 N–H and O–H groups in total. The molecule has 4 heterocycles. The predicted octanol–water partition coefficient (Wildman–Crippen LogP) is 7.85. The van der Waals surface area contributed by atoms with E-state index in [-0.39, 0.29) is 0 Å². The van der Waals surface area contributed by atoms with Crippen molar-refractivity contribution in [2.75, 3.05) is 0 Å². The van der Waals surface area contributed by atoms with Gasteiger partial charge in [-0.3, -0.25) is 0 Å². The van der Waals surface area contributed by atoms with Crippen LogP contribution in [0.3, 0.4) is 0 Å². The Hall–Kier alpha value is -6.36. The minimum atomic E-state index is -2.68. The maximum atomic E-state index is 13.3. The third-order valence-corrected chi connectivity index (χ3v) is 9.53. The van der Waals surface area contributed by atoms with Crippen LogP contribution >= 0.6 is 0 Å². The Morgan fingerprint density at radius 3 is 1.04 bits per heavy atom. The van der Waals surface area contributed by atoms with Gasteiger partial charge in [-0.2, -0.15) is 20.4 Å². The lowest BCUT2D eigenvalue weighted by Gasteiger charge is -2.39. The lowest BCUT2D eigenvalue weighted by molar-refractivity contribution is -0.244. The van der Waals surface area contributed by atoms with Gasteiger partial charge in [0.15, 0.2) is 0 Å². The molecule has 0 amide bonds. The highest BCUT2D eigenvalue weighted by Gasteiger charge is 2.51. The summed E-state index contributed by atoms with van der Waals surface area (Å²) in [6.07, 6.45) is -2.63. The SMILES string of the molecule is Cc1cc(C)n(C(n2nc(-c3ccccc3)cc2-c2ccccc2)C(O)(O)C(n2nc(C)cc2C)n2nc(-c3ccccc3)cc2-c2ccccc2)n1. The summed E-state index contributed by atoms with van der Waals surface area (Å²) in [6.45, 7) is 7.59. The Labute approximate surface area is 307 Å². The molecule has 2 atom stereocenters. The molecule has 264 valence electrons. The molecule has 0 fully saturated rings. The van der Waals surface area contributed by atoms with Crippen molar-refractivity contribution in [2.45, 2.75) is 45.8 Å². The zero-order valence-corrected chi connectivity index (χ0v) is 30.0. The highest BCUT2D eigenvalue weighted by Crippen LogP contribution is 2.41. The average Bonchev–Trinajstić information content (AvgIpc) is 3.96. The number of nitrogens with zero attached hydrogens (tertiary/aromatic N) is 8. The molecule has 4 aromatic carbocycles. The third kappa shape index (κ3) is 6.28. The summed E-state index contributed by atoms with van der Waals surface area (Å²) >= 11 is 0. The van der Waals surface area contributed by atoms with Gasteiger partial charge in [0.2, 0.25) is 12.3 Å². The Kier molecular flexibility index (Phi) is 8.69. The number of aromatic nitrogens is 8. The van der Waals surface area contributed by atoms with Crippen LogP contribution in [0.15, 0.2) is 146 Å². The summed E-state index contributed by atoms with van der Waals surface area (Å²) in [5, 5.41) is 46.7. The zero-order chi connectivity index (χ0) is 36.7. The number of hydrogen-bond acceptors (Lipinski definition) is 6. The van der Waals surface area contributed by atoms with Crippen molar-refractivity contribution in [3.8, 4) is 45.0 Å². The van der Waals surface area contributed by atoms with Crippen molar-refractivity contribution in [3.05, 3.63) is 168 Å². The molecule has 2 unspecified atom stereocenters. The Morgan fingerprint density at radius 1 is 0.415 bits per heavy atom. The maximum Gasteiger partial charge on any atom is 0.251 e. The van der Waals surface area contributed by atoms with Gasteiger partial charge in [0.25, 0.3) is 5.79 Å². The molecular formula is C43H40N8O2. The molecule has 0 radical (unpaired) electrons. The lowest BCUT2D eigenvalue weighted by atomic mass is 10.1. The van der Waals surface area contributed by atoms with Crippen molar-refractivity contribution in [3.63, 3.8) is 0 Å². The van der Waals surface area contributed by atoms with Gasteiger partial charge >= 0.3 is 0 Å². The number of aryl methyl sites for hydroxylation is 4. The first-order valence-corrected chi connectivity index (χ1v) is 17.6. The van der Waals surface area contributed by atoms with Crippen molar-refractivity contribution < 1.29 is 10.2 Å². The van der Waals surface area contributed by atoms with Crippen LogP contribution in [0.25, 0.3) is 45.0 Å². The number of hydrogen-bond donors (Lipinski definition) is 2. The van der Waals surface area contributed by atoms with Gasteiger partial charge in [0.05, 0.1) is 34.2 Å². The summed E-state index contributed by atoms with van der Waals surface area (Å²) in [5.74, 6) is -2.68. The molecule has 0 aliphatic carbocycles. The van der Waals surface area contributed by atoms with Gasteiger partial charge in [-0.05, 0) is 63.1 Å². The molecule has 10 heteroatoms. The Bertz CT molecular complexity index is 2310. The van der Waals surface area contributed by atoms with Crippen LogP contribution < -0.4 is 0 Å². The van der Waals surface area contributed by atoms with E-state index in [1.54, 1.807) is 18.7 Å². The molecule has 4 aromatic heterocycles. The fourth-order valence-corrected chi connectivity index (χ4v) is 7.16. The number of aliphatic hydroxyl groups is 2. The standard InChI is InChI=1S/C43H40N8O2/c1-29-25-31(3)48(44-29)41(50-39(35-21-13-7-14-22-35)27-37(46-50)33-17-9-5-10-18-33)43(52,53)42(49-32(4)26-30(2)45-49)51-40(36-23-15-8-16-24-36)28-38(47-51)34-19-11-6-12-20-34/h5-28,41-42,52-53H,1-4H3. The highest BCUT2D eigenvalue weighted by molar-refractivity contribution is 5.70. The van der Waals surface area contributed by atoms with E-state index in [0.717, 1.165) is 45.0 Å². The molecule has 8 aromatic rings. The fraction of sp³-hybridized carbons (Fsp3) is 0.163. The van der Waals surface area contributed by atoms with Crippen LogP contribution in [0.2, 0.25) is 0 Å². The molecule has 0 saturated heterocycles. The van der Waals surface area contributed by atoms with Crippen LogP contribution in [0, 0.1) is 27.7 Å². The first-order valence-electron chi connectivity index (χ1n) is 17.6. The largest absolute Gasteiger partial charge is 0.359 e. The minimum Gasteiger partial charge on any atom is -0.359 e. The predicted molar refractivity (Wildman–Crippen MR) is 206 cm³/mol. The topological polar surface area (TPSA) is 112 Å². The summed E-state index contributed by atoms with van der Waals surface area (Å²) in [7, 11) is 0. The van der Waals surface area contributed by atoms with Gasteiger partial charge in [-0.25, -0.2) is 18.7 Å². The Morgan fingerprint density at radius 2 is 0.736 bits per heavy atom. The molecule has 10 nitrogen and oxygen atoms in total. The van der Waals surface area contributed by atoms with E-state index in [4.69, 9.17) is 20.4 Å². The quantitative estimate of drug-likeness (QED) is 0.141. The summed E-state index contributed by atoms with van der Waals surface area (Å²) in [4.78, 5) is 0. The second-order valence-electron chi connectivity index (χ2n) is 13.5. The van der Waals surface area contributed by atoms with Crippen LogP contribution in [0.1, 0.15) is 35.1 Å². The van der Waals surface area contributed by atoms with Crippen LogP contribution in [-0.2, 0) is 0 Å². The van der Waals surface area contributed by atoms with E-state index >= 15 is 0 Å². The maximum absolute atomic E-state index is 13.3. The highest BCUT2D eigenvalue weighted by atomic mass is 16.5. The molecule has 8 rings (SSSR count). The van der Waals surface area contributed by atoms with E-state index in [9.17, 15) is 10.2 Å². The first-order chi connectivity index (χ1) is 25.7. The third-order valence-electron chi connectivity index (χ3n) is 9.53. The summed E-state index contributed by atoms with van der Waals surface area (Å²) in [5.41, 5.74) is 9.05. The van der Waals surface area contributed by atoms with Gasteiger partial charge in [-0.1, -0.05) is 121 Å². The molecule has 0 spiro atoms. The smallest absolute Gasteiger partial charge is 0.251 e. The van der Waals surface area contributed by atoms with Crippen LogP contribution in [0.5, 0.6) is 0 Å². The van der Waals surface area contributed by atoms with Crippen LogP contribution in [-0.4, -0.2) is 55.1 Å². The summed E-state index contributed by atoms with van der Waals surface area (Å²) < 4.78 is 6.65. The first kappa shape index (κ1) is 33.8. The fourth-order valence-electron chi connectivity index (χ4n) is 7.16. The minimum absolute atomic E-state index is 0.671. The van der Waals surface area contributed by atoms with Gasteiger partial charge < -0.3 is 10.2 Å².